The number of rotatable bonds is 2. The Labute approximate surface area is 88.9 Å². The van der Waals surface area contributed by atoms with Crippen LogP contribution >= 0.6 is 11.8 Å². The molecule has 0 bridgehead atoms. The van der Waals surface area contributed by atoms with E-state index in [4.69, 9.17) is 0 Å². The summed E-state index contributed by atoms with van der Waals surface area (Å²) in [6.45, 7) is 3.90. The van der Waals surface area contributed by atoms with Crippen LogP contribution in [0.15, 0.2) is 23.1 Å². The van der Waals surface area contributed by atoms with E-state index in [1.807, 2.05) is 11.8 Å². The average Bonchev–Trinajstić information content (AvgIpc) is 2.46. The van der Waals surface area contributed by atoms with Crippen LogP contribution in [0.2, 0.25) is 0 Å². The highest BCUT2D eigenvalue weighted by molar-refractivity contribution is 7.99. The summed E-state index contributed by atoms with van der Waals surface area (Å²) in [5.41, 5.74) is 2.60. The van der Waals surface area contributed by atoms with Crippen molar-refractivity contribution in [2.24, 2.45) is 0 Å². The molecule has 0 saturated carbocycles. The van der Waals surface area contributed by atoms with E-state index >= 15 is 0 Å². The summed E-state index contributed by atoms with van der Waals surface area (Å²) < 4.78 is 0. The van der Waals surface area contributed by atoms with Crippen LogP contribution in [-0.2, 0) is 11.2 Å². The third-order valence-electron chi connectivity index (χ3n) is 2.55. The van der Waals surface area contributed by atoms with E-state index in [-0.39, 0.29) is 5.78 Å². The molecule has 2 rings (SSSR count). The third kappa shape index (κ3) is 1.85. The van der Waals surface area contributed by atoms with Crippen molar-refractivity contribution in [3.63, 3.8) is 0 Å². The Morgan fingerprint density at radius 2 is 2.36 bits per heavy atom. The second-order valence-corrected chi connectivity index (χ2v) is 5.02. The van der Waals surface area contributed by atoms with E-state index < -0.39 is 0 Å². The van der Waals surface area contributed by atoms with Gasteiger partial charge in [-0.15, -0.1) is 11.8 Å². The third-order valence-corrected chi connectivity index (χ3v) is 3.88. The first-order chi connectivity index (χ1) is 6.66. The van der Waals surface area contributed by atoms with Gasteiger partial charge in [-0.05, 0) is 30.0 Å². The molecule has 1 aromatic rings. The second-order valence-electron chi connectivity index (χ2n) is 3.96. The molecule has 1 aliphatic heterocycles. The van der Waals surface area contributed by atoms with Crippen LogP contribution in [0.1, 0.15) is 30.9 Å². The van der Waals surface area contributed by atoms with Gasteiger partial charge in [-0.2, -0.15) is 0 Å². The fourth-order valence-electron chi connectivity index (χ4n) is 1.81. The first-order valence-electron chi connectivity index (χ1n) is 4.92. The molecule has 0 N–H and O–H groups in total. The van der Waals surface area contributed by atoms with Gasteiger partial charge in [0.25, 0.3) is 0 Å². The van der Waals surface area contributed by atoms with Crippen molar-refractivity contribution in [1.29, 1.82) is 0 Å². The van der Waals surface area contributed by atoms with E-state index in [2.05, 4.69) is 25.1 Å². The maximum Gasteiger partial charge on any atom is 0.134 e. The van der Waals surface area contributed by atoms with E-state index in [1.165, 1.54) is 16.2 Å². The minimum absolute atomic E-state index is 0.237. The quantitative estimate of drug-likeness (QED) is 0.740. The molecule has 1 nitrogen and oxygen atoms in total. The molecule has 1 unspecified atom stereocenters. The van der Waals surface area contributed by atoms with Crippen LogP contribution in [0.25, 0.3) is 0 Å². The summed E-state index contributed by atoms with van der Waals surface area (Å²) in [5.74, 6) is 2.08. The standard InChI is InChI=1S/C12H14OS/c1-8-7-14-12-6-10(5-9(2)13)3-4-11(8)12/h3-4,6,8H,5,7H2,1-2H3. The Morgan fingerprint density at radius 3 is 3.07 bits per heavy atom. The predicted molar refractivity (Wildman–Crippen MR) is 60.0 cm³/mol. The first-order valence-corrected chi connectivity index (χ1v) is 5.90. The highest BCUT2D eigenvalue weighted by Gasteiger charge is 2.19. The smallest absolute Gasteiger partial charge is 0.134 e. The summed E-state index contributed by atoms with van der Waals surface area (Å²) in [7, 11) is 0. The number of thioether (sulfide) groups is 1. The van der Waals surface area contributed by atoms with Crippen LogP contribution in [0.4, 0.5) is 0 Å². The molecule has 0 saturated heterocycles. The zero-order chi connectivity index (χ0) is 10.1. The number of carbonyl (C=O) groups is 1. The highest BCUT2D eigenvalue weighted by Crippen LogP contribution is 2.39. The maximum absolute atomic E-state index is 11.0. The molecule has 0 fully saturated rings. The van der Waals surface area contributed by atoms with Gasteiger partial charge in [0.1, 0.15) is 5.78 Å². The number of hydrogen-bond acceptors (Lipinski definition) is 2. The number of Topliss-reactive ketones (excluding diaryl/α,β-unsaturated/α-hetero) is 1. The Hall–Kier alpha value is -0.760. The van der Waals surface area contributed by atoms with Crippen LogP contribution in [0, 0.1) is 0 Å². The van der Waals surface area contributed by atoms with E-state index in [9.17, 15) is 4.79 Å². The summed E-state index contributed by atoms with van der Waals surface area (Å²) in [6.07, 6.45) is 0.572. The minimum atomic E-state index is 0.237. The van der Waals surface area contributed by atoms with Gasteiger partial charge in [-0.1, -0.05) is 19.1 Å². The monoisotopic (exact) mass is 206 g/mol. The lowest BCUT2D eigenvalue weighted by molar-refractivity contribution is -0.116. The minimum Gasteiger partial charge on any atom is -0.300 e. The van der Waals surface area contributed by atoms with E-state index in [1.54, 1.807) is 6.92 Å². The lowest BCUT2D eigenvalue weighted by atomic mass is 10.0. The van der Waals surface area contributed by atoms with Crippen LogP contribution in [-0.4, -0.2) is 11.5 Å². The van der Waals surface area contributed by atoms with E-state index in [0.29, 0.717) is 12.3 Å². The van der Waals surface area contributed by atoms with Gasteiger partial charge in [0.2, 0.25) is 0 Å². The average molecular weight is 206 g/mol. The molecule has 1 aliphatic rings. The van der Waals surface area contributed by atoms with E-state index in [0.717, 1.165) is 5.56 Å². The topological polar surface area (TPSA) is 17.1 Å². The molecule has 14 heavy (non-hydrogen) atoms. The molecule has 0 aliphatic carbocycles. The fourth-order valence-corrected chi connectivity index (χ4v) is 3.09. The van der Waals surface area contributed by atoms with Gasteiger partial charge in [0, 0.05) is 17.1 Å². The number of hydrogen-bond donors (Lipinski definition) is 0. The molecular formula is C12H14OS. The zero-order valence-electron chi connectivity index (χ0n) is 8.54. The van der Waals surface area contributed by atoms with Crippen LogP contribution < -0.4 is 0 Å². The molecule has 0 aromatic heterocycles. The van der Waals surface area contributed by atoms with Crippen molar-refractivity contribution >= 4 is 17.5 Å². The summed E-state index contributed by atoms with van der Waals surface area (Å²) in [5, 5.41) is 0. The van der Waals surface area contributed by atoms with Crippen LogP contribution in [0.3, 0.4) is 0 Å². The largest absolute Gasteiger partial charge is 0.300 e. The van der Waals surface area contributed by atoms with Crippen molar-refractivity contribution < 1.29 is 4.79 Å². The Balaban J connectivity index is 2.28. The Kier molecular flexibility index (Phi) is 2.64. The number of carbonyl (C=O) groups excluding carboxylic acids is 1. The summed E-state index contributed by atoms with van der Waals surface area (Å²) in [6, 6.07) is 6.44. The number of benzene rings is 1. The number of fused-ring (bicyclic) bond motifs is 1. The van der Waals surface area contributed by atoms with Crippen molar-refractivity contribution in [2.45, 2.75) is 31.1 Å². The molecule has 74 valence electrons. The zero-order valence-corrected chi connectivity index (χ0v) is 9.36. The van der Waals surface area contributed by atoms with Crippen molar-refractivity contribution in [3.8, 4) is 0 Å². The van der Waals surface area contributed by atoms with Gasteiger partial charge in [-0.3, -0.25) is 4.79 Å². The van der Waals surface area contributed by atoms with Gasteiger partial charge < -0.3 is 0 Å². The summed E-state index contributed by atoms with van der Waals surface area (Å²) >= 11 is 1.91. The molecule has 0 radical (unpaired) electrons. The summed E-state index contributed by atoms with van der Waals surface area (Å²) in [4.78, 5) is 12.3. The molecule has 2 heteroatoms. The Bertz CT molecular complexity index is 371. The van der Waals surface area contributed by atoms with Gasteiger partial charge in [-0.25, -0.2) is 0 Å². The van der Waals surface area contributed by atoms with Crippen molar-refractivity contribution in [1.82, 2.24) is 0 Å². The molecule has 0 spiro atoms. The molecule has 1 heterocycles. The molecule has 0 amide bonds. The number of ketones is 1. The first kappa shape index (κ1) is 9.78. The highest BCUT2D eigenvalue weighted by atomic mass is 32.2. The molecule has 1 aromatic carbocycles. The lowest BCUT2D eigenvalue weighted by Crippen LogP contribution is -1.97. The van der Waals surface area contributed by atoms with Crippen molar-refractivity contribution in [2.75, 3.05) is 5.75 Å². The van der Waals surface area contributed by atoms with Crippen molar-refractivity contribution in [3.05, 3.63) is 29.3 Å². The van der Waals surface area contributed by atoms with Gasteiger partial charge >= 0.3 is 0 Å². The Morgan fingerprint density at radius 1 is 1.57 bits per heavy atom. The maximum atomic E-state index is 11.0. The SMILES string of the molecule is CC(=O)Cc1ccc2c(c1)SCC2C. The predicted octanol–water partition coefficient (Wildman–Crippen LogP) is 3.03. The molecular weight excluding hydrogens is 192 g/mol. The van der Waals surface area contributed by atoms with Gasteiger partial charge in [0.15, 0.2) is 0 Å². The fraction of sp³-hybridized carbons (Fsp3) is 0.417. The molecule has 1 atom stereocenters. The normalized spacial score (nSPS) is 19.4. The van der Waals surface area contributed by atoms with Gasteiger partial charge in [0.05, 0.1) is 0 Å². The lowest BCUT2D eigenvalue weighted by Gasteiger charge is -2.04. The second kappa shape index (κ2) is 3.77. The van der Waals surface area contributed by atoms with Crippen LogP contribution in [0.5, 0.6) is 0 Å².